The number of hydrogen-bond donors (Lipinski definition) is 1. The zero-order chi connectivity index (χ0) is 35.0. The van der Waals surface area contributed by atoms with E-state index in [1.807, 2.05) is 13.0 Å². The molecule has 2 N–H and O–H groups in total. The molecular formula is C33H36F2N8O5S. The summed E-state index contributed by atoms with van der Waals surface area (Å²) in [6.45, 7) is 7.81. The zero-order valence-electron chi connectivity index (χ0n) is 27.3. The number of benzene rings is 1. The highest BCUT2D eigenvalue weighted by Crippen LogP contribution is 2.35. The first-order valence-electron chi connectivity index (χ1n) is 15.7. The highest BCUT2D eigenvalue weighted by molar-refractivity contribution is 7.90. The van der Waals surface area contributed by atoms with Crippen LogP contribution in [0.2, 0.25) is 0 Å². The van der Waals surface area contributed by atoms with Gasteiger partial charge in [-0.3, -0.25) is 9.69 Å². The Bertz CT molecular complexity index is 2120. The number of ether oxygens (including phenoxy) is 1. The molecule has 1 amide bonds. The van der Waals surface area contributed by atoms with Crippen molar-refractivity contribution in [3.63, 3.8) is 0 Å². The van der Waals surface area contributed by atoms with Crippen molar-refractivity contribution >= 4 is 38.3 Å². The fourth-order valence-electron chi connectivity index (χ4n) is 6.23. The summed E-state index contributed by atoms with van der Waals surface area (Å²) >= 11 is 0. The number of morpholine rings is 1. The minimum atomic E-state index is -3.98. The Labute approximate surface area is 281 Å². The molecule has 49 heavy (non-hydrogen) atoms. The number of sulfone groups is 1. The van der Waals surface area contributed by atoms with Crippen molar-refractivity contribution in [2.75, 3.05) is 69.4 Å². The molecule has 0 spiro atoms. The summed E-state index contributed by atoms with van der Waals surface area (Å²) in [4.78, 5) is 45.6. The molecule has 258 valence electrons. The molecule has 0 aliphatic carbocycles. The van der Waals surface area contributed by atoms with E-state index in [0.717, 1.165) is 36.0 Å². The molecule has 0 radical (unpaired) electrons. The van der Waals surface area contributed by atoms with Crippen LogP contribution in [0.3, 0.4) is 0 Å². The van der Waals surface area contributed by atoms with Crippen LogP contribution in [0.4, 0.5) is 20.3 Å². The summed E-state index contributed by atoms with van der Waals surface area (Å²) in [6.07, 6.45) is 5.63. The van der Waals surface area contributed by atoms with Crippen LogP contribution in [0.15, 0.2) is 58.5 Å². The van der Waals surface area contributed by atoms with Gasteiger partial charge >= 0.3 is 5.69 Å². The van der Waals surface area contributed by atoms with Crippen LogP contribution in [-0.2, 0) is 19.4 Å². The second-order valence-electron chi connectivity index (χ2n) is 12.1. The average Bonchev–Trinajstić information content (AvgIpc) is 3.05. The average molecular weight is 695 g/mol. The molecule has 4 aromatic rings. The van der Waals surface area contributed by atoms with Crippen LogP contribution >= 0.6 is 0 Å². The molecule has 13 nitrogen and oxygen atoms in total. The highest BCUT2D eigenvalue weighted by Gasteiger charge is 2.31. The van der Waals surface area contributed by atoms with Crippen LogP contribution in [0.5, 0.6) is 0 Å². The number of amides is 1. The van der Waals surface area contributed by atoms with E-state index in [1.165, 1.54) is 24.4 Å². The molecule has 1 atom stereocenters. The first-order chi connectivity index (χ1) is 23.3. The van der Waals surface area contributed by atoms with E-state index >= 15 is 8.78 Å². The van der Waals surface area contributed by atoms with Crippen molar-refractivity contribution < 1.29 is 26.7 Å². The molecular weight excluding hydrogens is 658 g/mol. The molecule has 0 saturated carbocycles. The molecule has 0 unspecified atom stereocenters. The van der Waals surface area contributed by atoms with Crippen LogP contribution in [0.1, 0.15) is 12.5 Å². The third-order valence-electron chi connectivity index (χ3n) is 8.69. The predicted octanol–water partition coefficient (Wildman–Crippen LogP) is 2.34. The van der Waals surface area contributed by atoms with Crippen molar-refractivity contribution in [2.24, 2.45) is 0 Å². The third-order valence-corrected chi connectivity index (χ3v) is 9.69. The first kappa shape index (κ1) is 34.1. The number of aromatic nitrogens is 4. The lowest BCUT2D eigenvalue weighted by atomic mass is 10.1. The minimum absolute atomic E-state index is 0.0653. The van der Waals surface area contributed by atoms with E-state index in [4.69, 9.17) is 10.5 Å². The van der Waals surface area contributed by atoms with Gasteiger partial charge in [-0.1, -0.05) is 12.1 Å². The minimum Gasteiger partial charge on any atom is -0.398 e. The Morgan fingerprint density at radius 3 is 2.55 bits per heavy atom. The van der Waals surface area contributed by atoms with E-state index in [0.29, 0.717) is 25.3 Å². The molecule has 16 heteroatoms. The van der Waals surface area contributed by atoms with Gasteiger partial charge in [0, 0.05) is 69.5 Å². The maximum atomic E-state index is 16.0. The van der Waals surface area contributed by atoms with Crippen molar-refractivity contribution in [1.29, 1.82) is 0 Å². The fraction of sp³-hybridized carbons (Fsp3) is 0.364. The van der Waals surface area contributed by atoms with Gasteiger partial charge < -0.3 is 20.3 Å². The molecule has 0 bridgehead atoms. The standard InChI is InChI=1S/C33H36F2N8O5S/c1-20-9-10-37-32(49(3,46)47)29(20)43-31-22(18-24(35)28(38-31)27-23(34)6-4-7-25(27)36)30(39-33(43)45)42-13-12-41(19-21(42)2)26(44)8-5-11-40-14-16-48-17-15-40/h4-10,18,21H,11-17,19,36H2,1-3H3/b8-5+/t21-/m0/s1. The lowest BCUT2D eigenvalue weighted by Crippen LogP contribution is -2.54. The summed E-state index contributed by atoms with van der Waals surface area (Å²) in [5.41, 5.74) is 4.34. The van der Waals surface area contributed by atoms with Gasteiger partial charge in [0.05, 0.1) is 29.9 Å². The van der Waals surface area contributed by atoms with Crippen molar-refractivity contribution in [3.8, 4) is 16.9 Å². The number of carbonyl (C=O) groups is 1. The quantitative estimate of drug-likeness (QED) is 0.224. The lowest BCUT2D eigenvalue weighted by molar-refractivity contribution is -0.126. The summed E-state index contributed by atoms with van der Waals surface area (Å²) in [5.74, 6) is -1.85. The number of pyridine rings is 2. The van der Waals surface area contributed by atoms with Gasteiger partial charge in [0.25, 0.3) is 0 Å². The number of carbonyl (C=O) groups excluding carboxylic acids is 1. The van der Waals surface area contributed by atoms with Gasteiger partial charge in [0.2, 0.25) is 5.91 Å². The Morgan fingerprint density at radius 1 is 1.10 bits per heavy atom. The second kappa shape index (κ2) is 13.6. The van der Waals surface area contributed by atoms with Crippen LogP contribution in [-0.4, -0.2) is 108 Å². The number of anilines is 2. The van der Waals surface area contributed by atoms with Gasteiger partial charge in [-0.15, -0.1) is 0 Å². The van der Waals surface area contributed by atoms with E-state index in [-0.39, 0.29) is 65.4 Å². The third kappa shape index (κ3) is 6.75. The Hall–Kier alpha value is -4.80. The number of nitrogens with two attached hydrogens (primary N) is 1. The van der Waals surface area contributed by atoms with E-state index < -0.39 is 37.9 Å². The topological polar surface area (TPSA) is 157 Å². The highest BCUT2D eigenvalue weighted by atomic mass is 32.2. The molecule has 5 heterocycles. The molecule has 2 saturated heterocycles. The van der Waals surface area contributed by atoms with Crippen LogP contribution in [0.25, 0.3) is 28.0 Å². The normalized spacial score (nSPS) is 17.7. The monoisotopic (exact) mass is 694 g/mol. The largest absolute Gasteiger partial charge is 0.398 e. The SMILES string of the molecule is Cc1ccnc(S(C)(=O)=O)c1-n1c(=O)nc(N2CCN(C(=O)/C=C/CN3CCOCC3)C[C@@H]2C)c2cc(F)c(-c3c(N)cccc3F)nc21. The Morgan fingerprint density at radius 2 is 1.86 bits per heavy atom. The molecule has 2 aliphatic rings. The number of halogens is 2. The maximum absolute atomic E-state index is 16.0. The molecule has 1 aromatic carbocycles. The van der Waals surface area contributed by atoms with Crippen molar-refractivity contribution in [2.45, 2.75) is 24.9 Å². The van der Waals surface area contributed by atoms with Gasteiger partial charge in [0.15, 0.2) is 26.3 Å². The molecule has 6 rings (SSSR count). The van der Waals surface area contributed by atoms with E-state index in [2.05, 4.69) is 19.9 Å². The maximum Gasteiger partial charge on any atom is 0.355 e. The Kier molecular flexibility index (Phi) is 9.46. The predicted molar refractivity (Wildman–Crippen MR) is 180 cm³/mol. The fourth-order valence-corrected chi connectivity index (χ4v) is 7.08. The number of rotatable bonds is 7. The molecule has 2 fully saturated rings. The van der Waals surface area contributed by atoms with Gasteiger partial charge in [0.1, 0.15) is 17.3 Å². The van der Waals surface area contributed by atoms with Gasteiger partial charge in [-0.05, 0) is 43.7 Å². The molecule has 2 aliphatic heterocycles. The summed E-state index contributed by atoms with van der Waals surface area (Å²) in [5, 5.41) is -0.346. The number of piperazine rings is 1. The van der Waals surface area contributed by atoms with E-state index in [9.17, 15) is 18.0 Å². The molecule has 3 aromatic heterocycles. The number of hydrogen-bond acceptors (Lipinski definition) is 11. The van der Waals surface area contributed by atoms with Crippen molar-refractivity contribution in [1.82, 2.24) is 29.3 Å². The number of nitrogens with zero attached hydrogens (tertiary/aromatic N) is 7. The summed E-state index contributed by atoms with van der Waals surface area (Å²) < 4.78 is 63.1. The van der Waals surface area contributed by atoms with Gasteiger partial charge in [-0.2, -0.15) is 4.98 Å². The summed E-state index contributed by atoms with van der Waals surface area (Å²) in [7, 11) is -3.98. The zero-order valence-corrected chi connectivity index (χ0v) is 28.1. The number of aryl methyl sites for hydroxylation is 1. The first-order valence-corrected chi connectivity index (χ1v) is 17.6. The smallest absolute Gasteiger partial charge is 0.355 e. The summed E-state index contributed by atoms with van der Waals surface area (Å²) in [6, 6.07) is 6.11. The number of nitrogen functional groups attached to an aromatic ring is 1. The van der Waals surface area contributed by atoms with Crippen LogP contribution in [0, 0.1) is 18.6 Å². The van der Waals surface area contributed by atoms with Crippen molar-refractivity contribution in [3.05, 3.63) is 76.4 Å². The lowest BCUT2D eigenvalue weighted by Gasteiger charge is -2.40. The second-order valence-corrected chi connectivity index (χ2v) is 14.1. The van der Waals surface area contributed by atoms with Gasteiger partial charge in [-0.25, -0.2) is 36.5 Å². The van der Waals surface area contributed by atoms with Crippen LogP contribution < -0.4 is 16.3 Å². The Balaban J connectivity index is 1.45. The van der Waals surface area contributed by atoms with E-state index in [1.54, 1.807) is 22.8 Å². The number of fused-ring (bicyclic) bond motifs is 1.